The number of hydrogen-bond donors (Lipinski definition) is 1. The van der Waals surface area contributed by atoms with E-state index in [1.807, 2.05) is 13.8 Å². The standard InChI is InChI=1S/C14H12F4N2O2/c1-6(2)3-10-9(15)5-7-4-8(13(21)22)11(14(16,17)18)20-12(7)19-10/h4-6H,3H2,1-2H3,(H,21,22). The van der Waals surface area contributed by atoms with Crippen molar-refractivity contribution in [3.8, 4) is 0 Å². The van der Waals surface area contributed by atoms with Crippen LogP contribution in [0.1, 0.15) is 35.6 Å². The molecule has 0 spiro atoms. The van der Waals surface area contributed by atoms with Gasteiger partial charge in [0.05, 0.1) is 11.3 Å². The van der Waals surface area contributed by atoms with Crippen LogP contribution in [0.15, 0.2) is 12.1 Å². The summed E-state index contributed by atoms with van der Waals surface area (Å²) in [6, 6.07) is 1.70. The molecule has 2 rings (SSSR count). The second kappa shape index (κ2) is 5.51. The highest BCUT2D eigenvalue weighted by molar-refractivity contribution is 5.93. The van der Waals surface area contributed by atoms with Crippen molar-refractivity contribution in [2.75, 3.05) is 0 Å². The fraction of sp³-hybridized carbons (Fsp3) is 0.357. The quantitative estimate of drug-likeness (QED) is 0.877. The number of carbonyl (C=O) groups is 1. The molecule has 0 amide bonds. The summed E-state index contributed by atoms with van der Waals surface area (Å²) in [5, 5.41) is 8.79. The normalized spacial score (nSPS) is 12.1. The lowest BCUT2D eigenvalue weighted by molar-refractivity contribution is -0.141. The molecule has 0 aliphatic rings. The molecule has 0 fully saturated rings. The highest BCUT2D eigenvalue weighted by Gasteiger charge is 2.38. The fourth-order valence-electron chi connectivity index (χ4n) is 2.02. The Morgan fingerprint density at radius 2 is 1.91 bits per heavy atom. The molecule has 22 heavy (non-hydrogen) atoms. The van der Waals surface area contributed by atoms with Gasteiger partial charge in [0.2, 0.25) is 0 Å². The molecule has 118 valence electrons. The molecule has 0 saturated heterocycles. The van der Waals surface area contributed by atoms with E-state index in [2.05, 4.69) is 9.97 Å². The van der Waals surface area contributed by atoms with E-state index in [0.29, 0.717) is 0 Å². The van der Waals surface area contributed by atoms with Crippen LogP contribution in [0.25, 0.3) is 11.0 Å². The molecule has 2 heterocycles. The van der Waals surface area contributed by atoms with Gasteiger partial charge in [-0.05, 0) is 24.5 Å². The number of alkyl halides is 3. The minimum Gasteiger partial charge on any atom is -0.478 e. The molecule has 8 heteroatoms. The Bertz CT molecular complexity index is 742. The molecule has 0 saturated carbocycles. The Morgan fingerprint density at radius 1 is 1.27 bits per heavy atom. The first kappa shape index (κ1) is 16.1. The monoisotopic (exact) mass is 316 g/mol. The van der Waals surface area contributed by atoms with Crippen LogP contribution in [0.2, 0.25) is 0 Å². The fourth-order valence-corrected chi connectivity index (χ4v) is 2.02. The third kappa shape index (κ3) is 3.15. The summed E-state index contributed by atoms with van der Waals surface area (Å²) in [6.07, 6.45) is -4.69. The number of halogens is 4. The number of aromatic nitrogens is 2. The summed E-state index contributed by atoms with van der Waals surface area (Å²) in [5.41, 5.74) is -2.89. The highest BCUT2D eigenvalue weighted by atomic mass is 19.4. The van der Waals surface area contributed by atoms with Crippen molar-refractivity contribution >= 4 is 17.0 Å². The van der Waals surface area contributed by atoms with Gasteiger partial charge in [0.25, 0.3) is 0 Å². The molecule has 0 radical (unpaired) electrons. The van der Waals surface area contributed by atoms with Crippen LogP contribution in [0.5, 0.6) is 0 Å². The maximum absolute atomic E-state index is 13.9. The van der Waals surface area contributed by atoms with E-state index in [1.54, 1.807) is 0 Å². The average Bonchev–Trinajstić information content (AvgIpc) is 2.36. The maximum Gasteiger partial charge on any atom is 0.434 e. The number of pyridine rings is 2. The molecule has 0 unspecified atom stereocenters. The van der Waals surface area contributed by atoms with E-state index in [1.165, 1.54) is 0 Å². The lowest BCUT2D eigenvalue weighted by Gasteiger charge is -2.12. The van der Waals surface area contributed by atoms with Gasteiger partial charge in [-0.1, -0.05) is 13.8 Å². The molecule has 1 N–H and O–H groups in total. The topological polar surface area (TPSA) is 63.1 Å². The molecule has 0 atom stereocenters. The van der Waals surface area contributed by atoms with E-state index < -0.39 is 29.2 Å². The Balaban J connectivity index is 2.72. The van der Waals surface area contributed by atoms with E-state index in [-0.39, 0.29) is 29.1 Å². The molecule has 0 aliphatic heterocycles. The van der Waals surface area contributed by atoms with Crippen molar-refractivity contribution in [2.45, 2.75) is 26.4 Å². The number of hydrogen-bond acceptors (Lipinski definition) is 3. The molecule has 2 aromatic rings. The van der Waals surface area contributed by atoms with Crippen LogP contribution >= 0.6 is 0 Å². The minimum absolute atomic E-state index is 0.00574. The molecular weight excluding hydrogens is 304 g/mol. The SMILES string of the molecule is CC(C)Cc1nc2nc(C(F)(F)F)c(C(=O)O)cc2cc1F. The summed E-state index contributed by atoms with van der Waals surface area (Å²) in [7, 11) is 0. The van der Waals surface area contributed by atoms with Crippen molar-refractivity contribution in [3.05, 3.63) is 34.9 Å². The first-order valence-corrected chi connectivity index (χ1v) is 6.40. The first-order chi connectivity index (χ1) is 10.1. The number of rotatable bonds is 3. The minimum atomic E-state index is -4.93. The average molecular weight is 316 g/mol. The molecule has 4 nitrogen and oxygen atoms in total. The number of carboxylic acids is 1. The number of fused-ring (bicyclic) bond motifs is 1. The smallest absolute Gasteiger partial charge is 0.434 e. The summed E-state index contributed by atoms with van der Waals surface area (Å²) < 4.78 is 52.6. The zero-order valence-corrected chi connectivity index (χ0v) is 11.7. The van der Waals surface area contributed by atoms with Gasteiger partial charge in [0.15, 0.2) is 11.3 Å². The lowest BCUT2D eigenvalue weighted by atomic mass is 10.1. The van der Waals surface area contributed by atoms with E-state index in [0.717, 1.165) is 12.1 Å². The molecule has 0 bridgehead atoms. The van der Waals surface area contributed by atoms with E-state index in [4.69, 9.17) is 5.11 Å². The third-order valence-electron chi connectivity index (χ3n) is 2.93. The van der Waals surface area contributed by atoms with Crippen molar-refractivity contribution in [1.82, 2.24) is 9.97 Å². The Hall–Kier alpha value is -2.25. The zero-order chi connectivity index (χ0) is 16.7. The van der Waals surface area contributed by atoms with Crippen molar-refractivity contribution in [3.63, 3.8) is 0 Å². The zero-order valence-electron chi connectivity index (χ0n) is 11.7. The number of nitrogens with zero attached hydrogens (tertiary/aromatic N) is 2. The second-order valence-electron chi connectivity index (χ2n) is 5.25. The first-order valence-electron chi connectivity index (χ1n) is 6.40. The predicted molar refractivity (Wildman–Crippen MR) is 70.0 cm³/mol. The Morgan fingerprint density at radius 3 is 2.41 bits per heavy atom. The van der Waals surface area contributed by atoms with Crippen molar-refractivity contribution < 1.29 is 27.5 Å². The van der Waals surface area contributed by atoms with Crippen LogP contribution in [0.3, 0.4) is 0 Å². The Kier molecular flexibility index (Phi) is 4.04. The molecule has 2 aromatic heterocycles. The largest absolute Gasteiger partial charge is 0.478 e. The van der Waals surface area contributed by atoms with Gasteiger partial charge in [-0.2, -0.15) is 13.2 Å². The van der Waals surface area contributed by atoms with Crippen molar-refractivity contribution in [1.29, 1.82) is 0 Å². The van der Waals surface area contributed by atoms with Crippen LogP contribution < -0.4 is 0 Å². The summed E-state index contributed by atoms with van der Waals surface area (Å²) >= 11 is 0. The lowest BCUT2D eigenvalue weighted by Crippen LogP contribution is -2.16. The third-order valence-corrected chi connectivity index (χ3v) is 2.93. The second-order valence-corrected chi connectivity index (χ2v) is 5.25. The van der Waals surface area contributed by atoms with Gasteiger partial charge in [-0.15, -0.1) is 0 Å². The van der Waals surface area contributed by atoms with E-state index >= 15 is 0 Å². The number of carboxylic acid groups (broad SMARTS) is 1. The van der Waals surface area contributed by atoms with Gasteiger partial charge in [-0.3, -0.25) is 0 Å². The van der Waals surface area contributed by atoms with Gasteiger partial charge in [-0.25, -0.2) is 19.2 Å². The molecular formula is C14H12F4N2O2. The van der Waals surface area contributed by atoms with Crippen LogP contribution in [-0.4, -0.2) is 21.0 Å². The van der Waals surface area contributed by atoms with Crippen LogP contribution in [-0.2, 0) is 12.6 Å². The summed E-state index contributed by atoms with van der Waals surface area (Å²) in [4.78, 5) is 18.1. The van der Waals surface area contributed by atoms with Gasteiger partial charge >= 0.3 is 12.1 Å². The maximum atomic E-state index is 13.9. The number of aromatic carboxylic acids is 1. The predicted octanol–water partition coefficient (Wildman–Crippen LogP) is 3.68. The van der Waals surface area contributed by atoms with Gasteiger partial charge in [0.1, 0.15) is 5.82 Å². The van der Waals surface area contributed by atoms with Crippen molar-refractivity contribution in [2.24, 2.45) is 5.92 Å². The highest BCUT2D eigenvalue weighted by Crippen LogP contribution is 2.32. The molecule has 0 aromatic carbocycles. The van der Waals surface area contributed by atoms with E-state index in [9.17, 15) is 22.4 Å². The summed E-state index contributed by atoms with van der Waals surface area (Å²) in [6.45, 7) is 3.63. The van der Waals surface area contributed by atoms with Crippen LogP contribution in [0, 0.1) is 11.7 Å². The van der Waals surface area contributed by atoms with Gasteiger partial charge in [0, 0.05) is 5.39 Å². The Labute approximate surface area is 122 Å². The van der Waals surface area contributed by atoms with Gasteiger partial charge < -0.3 is 5.11 Å². The molecule has 0 aliphatic carbocycles. The summed E-state index contributed by atoms with van der Waals surface area (Å²) in [5.74, 6) is -2.42. The van der Waals surface area contributed by atoms with Crippen LogP contribution in [0.4, 0.5) is 17.6 Å².